The van der Waals surface area contributed by atoms with E-state index in [1.807, 2.05) is 17.5 Å². The van der Waals surface area contributed by atoms with Gasteiger partial charge in [-0.25, -0.2) is 0 Å². The average Bonchev–Trinajstić information content (AvgIpc) is 3.25. The summed E-state index contributed by atoms with van der Waals surface area (Å²) < 4.78 is 5.55. The number of hydrogen-bond acceptors (Lipinski definition) is 4. The largest absolute Gasteiger partial charge is 0.484 e. The summed E-state index contributed by atoms with van der Waals surface area (Å²) in [5.74, 6) is 0.823. The molecule has 0 spiro atoms. The molecule has 0 saturated heterocycles. The van der Waals surface area contributed by atoms with Gasteiger partial charge in [0, 0.05) is 4.88 Å². The fourth-order valence-corrected chi connectivity index (χ4v) is 3.63. The van der Waals surface area contributed by atoms with Crippen molar-refractivity contribution >= 4 is 17.2 Å². The average molecular weight is 391 g/mol. The van der Waals surface area contributed by atoms with Crippen LogP contribution >= 0.6 is 11.3 Å². The lowest BCUT2D eigenvalue weighted by Crippen LogP contribution is -2.32. The summed E-state index contributed by atoms with van der Waals surface area (Å²) in [4.78, 5) is 13.6. The van der Waals surface area contributed by atoms with E-state index in [1.165, 1.54) is 5.56 Å². The Hall–Kier alpha value is -3.10. The van der Waals surface area contributed by atoms with Gasteiger partial charge in [-0.1, -0.05) is 44.2 Å². The molecule has 28 heavy (non-hydrogen) atoms. The van der Waals surface area contributed by atoms with E-state index < -0.39 is 0 Å². The van der Waals surface area contributed by atoms with Crippen LogP contribution in [0.3, 0.4) is 0 Å². The SMILES string of the molecule is CC(C)c1ccc([C@H](NC(=O)COc2ccc(C#N)cc2)c2cccs2)cc1. The number of nitrogens with one attached hydrogen (secondary N) is 1. The summed E-state index contributed by atoms with van der Waals surface area (Å²) in [5.41, 5.74) is 2.86. The lowest BCUT2D eigenvalue weighted by molar-refractivity contribution is -0.123. The molecule has 4 nitrogen and oxygen atoms in total. The summed E-state index contributed by atoms with van der Waals surface area (Å²) in [6.07, 6.45) is 0. The second-order valence-corrected chi connectivity index (χ2v) is 7.74. The summed E-state index contributed by atoms with van der Waals surface area (Å²) in [5, 5.41) is 13.9. The number of carbonyl (C=O) groups is 1. The predicted molar refractivity (Wildman–Crippen MR) is 111 cm³/mol. The molecule has 1 amide bonds. The first-order chi connectivity index (χ1) is 13.6. The molecule has 0 saturated carbocycles. The fraction of sp³-hybridized carbons (Fsp3) is 0.217. The Morgan fingerprint density at radius 2 is 1.75 bits per heavy atom. The first kappa shape index (κ1) is 19.7. The van der Waals surface area contributed by atoms with Gasteiger partial charge in [-0.15, -0.1) is 11.3 Å². The molecule has 0 radical (unpaired) electrons. The second kappa shape index (κ2) is 9.20. The lowest BCUT2D eigenvalue weighted by Gasteiger charge is -2.19. The minimum absolute atomic E-state index is 0.0855. The van der Waals surface area contributed by atoms with E-state index in [2.05, 4.69) is 49.5 Å². The van der Waals surface area contributed by atoms with Gasteiger partial charge in [0.2, 0.25) is 0 Å². The van der Waals surface area contributed by atoms with Crippen LogP contribution < -0.4 is 10.1 Å². The lowest BCUT2D eigenvalue weighted by atomic mass is 9.98. The van der Waals surface area contributed by atoms with Crippen molar-refractivity contribution < 1.29 is 9.53 Å². The molecular formula is C23H22N2O2S. The van der Waals surface area contributed by atoms with Crippen LogP contribution in [0.25, 0.3) is 0 Å². The van der Waals surface area contributed by atoms with Crippen molar-refractivity contribution in [3.63, 3.8) is 0 Å². The Morgan fingerprint density at radius 3 is 2.32 bits per heavy atom. The van der Waals surface area contributed by atoms with Crippen LogP contribution in [-0.2, 0) is 4.79 Å². The maximum absolute atomic E-state index is 12.5. The van der Waals surface area contributed by atoms with Crippen molar-refractivity contribution in [2.45, 2.75) is 25.8 Å². The molecule has 1 N–H and O–H groups in total. The zero-order valence-corrected chi connectivity index (χ0v) is 16.7. The van der Waals surface area contributed by atoms with Crippen molar-refractivity contribution in [3.05, 3.63) is 87.6 Å². The van der Waals surface area contributed by atoms with Gasteiger partial charge in [0.15, 0.2) is 6.61 Å². The van der Waals surface area contributed by atoms with Crippen LogP contribution in [0, 0.1) is 11.3 Å². The molecule has 1 aromatic heterocycles. The Labute approximate surface area is 169 Å². The molecule has 0 fully saturated rings. The number of nitrogens with zero attached hydrogens (tertiary/aromatic N) is 1. The van der Waals surface area contributed by atoms with Crippen LogP contribution in [0.2, 0.25) is 0 Å². The maximum atomic E-state index is 12.5. The number of amides is 1. The predicted octanol–water partition coefficient (Wildman–Crippen LogP) is 5.03. The highest BCUT2D eigenvalue weighted by Gasteiger charge is 2.18. The highest BCUT2D eigenvalue weighted by atomic mass is 32.1. The third kappa shape index (κ3) is 4.99. The minimum atomic E-state index is -0.210. The van der Waals surface area contributed by atoms with Gasteiger partial charge in [-0.3, -0.25) is 4.79 Å². The van der Waals surface area contributed by atoms with Crippen LogP contribution in [0.5, 0.6) is 5.75 Å². The standard InChI is InChI=1S/C23H22N2O2S/c1-16(2)18-7-9-19(10-8-18)23(21-4-3-13-28-21)25-22(26)15-27-20-11-5-17(14-24)6-12-20/h3-13,16,23H,15H2,1-2H3,(H,25,26)/t23-/m0/s1. The van der Waals surface area contributed by atoms with Gasteiger partial charge in [0.1, 0.15) is 5.75 Å². The number of thiophene rings is 1. The van der Waals surface area contributed by atoms with Gasteiger partial charge in [-0.2, -0.15) is 5.26 Å². The van der Waals surface area contributed by atoms with Crippen molar-refractivity contribution in [2.75, 3.05) is 6.61 Å². The highest BCUT2D eigenvalue weighted by Crippen LogP contribution is 2.27. The summed E-state index contributed by atoms with van der Waals surface area (Å²) >= 11 is 1.61. The van der Waals surface area contributed by atoms with Crippen molar-refractivity contribution in [1.82, 2.24) is 5.32 Å². The Balaban J connectivity index is 1.69. The molecule has 0 unspecified atom stereocenters. The van der Waals surface area contributed by atoms with Gasteiger partial charge in [-0.05, 0) is 52.8 Å². The van der Waals surface area contributed by atoms with Crippen LogP contribution in [0.15, 0.2) is 66.0 Å². The molecule has 3 aromatic rings. The van der Waals surface area contributed by atoms with Crippen LogP contribution in [-0.4, -0.2) is 12.5 Å². The van der Waals surface area contributed by atoms with Crippen molar-refractivity contribution in [1.29, 1.82) is 5.26 Å². The molecule has 0 aliphatic rings. The zero-order chi connectivity index (χ0) is 19.9. The molecular weight excluding hydrogens is 368 g/mol. The monoisotopic (exact) mass is 390 g/mol. The van der Waals surface area contributed by atoms with Crippen LogP contribution in [0.1, 0.15) is 47.4 Å². The minimum Gasteiger partial charge on any atom is -0.484 e. The fourth-order valence-electron chi connectivity index (χ4n) is 2.82. The number of hydrogen-bond donors (Lipinski definition) is 1. The van der Waals surface area contributed by atoms with E-state index in [9.17, 15) is 4.79 Å². The molecule has 3 rings (SSSR count). The van der Waals surface area contributed by atoms with E-state index in [0.29, 0.717) is 17.2 Å². The first-order valence-electron chi connectivity index (χ1n) is 9.12. The molecule has 5 heteroatoms. The third-order valence-corrected chi connectivity index (χ3v) is 5.36. The van der Waals surface area contributed by atoms with E-state index in [4.69, 9.17) is 10.00 Å². The summed E-state index contributed by atoms with van der Waals surface area (Å²) in [6.45, 7) is 4.24. The van der Waals surface area contributed by atoms with Crippen molar-refractivity contribution in [2.24, 2.45) is 0 Å². The normalized spacial score (nSPS) is 11.6. The van der Waals surface area contributed by atoms with Gasteiger partial charge >= 0.3 is 0 Å². The third-order valence-electron chi connectivity index (χ3n) is 4.42. The Bertz CT molecular complexity index is 940. The molecule has 0 bridgehead atoms. The van der Waals surface area contributed by atoms with Crippen LogP contribution in [0.4, 0.5) is 0 Å². The van der Waals surface area contributed by atoms with Crippen molar-refractivity contribution in [3.8, 4) is 11.8 Å². The van der Waals surface area contributed by atoms with E-state index in [-0.39, 0.29) is 18.6 Å². The smallest absolute Gasteiger partial charge is 0.258 e. The Kier molecular flexibility index (Phi) is 6.46. The van der Waals surface area contributed by atoms with Gasteiger partial charge in [0.25, 0.3) is 5.91 Å². The molecule has 2 aromatic carbocycles. The van der Waals surface area contributed by atoms with Gasteiger partial charge in [0.05, 0.1) is 17.7 Å². The quantitative estimate of drug-likeness (QED) is 0.616. The topological polar surface area (TPSA) is 62.1 Å². The highest BCUT2D eigenvalue weighted by molar-refractivity contribution is 7.10. The zero-order valence-electron chi connectivity index (χ0n) is 15.9. The summed E-state index contributed by atoms with van der Waals surface area (Å²) in [6, 6.07) is 20.9. The van der Waals surface area contributed by atoms with E-state index in [0.717, 1.165) is 10.4 Å². The molecule has 0 aliphatic carbocycles. The number of nitriles is 1. The number of benzene rings is 2. The van der Waals surface area contributed by atoms with Gasteiger partial charge < -0.3 is 10.1 Å². The van der Waals surface area contributed by atoms with E-state index in [1.54, 1.807) is 35.6 Å². The molecule has 1 heterocycles. The Morgan fingerprint density at radius 1 is 1.07 bits per heavy atom. The molecule has 0 aliphatic heterocycles. The number of ether oxygens (including phenoxy) is 1. The number of rotatable bonds is 7. The molecule has 142 valence electrons. The van der Waals surface area contributed by atoms with E-state index >= 15 is 0 Å². The second-order valence-electron chi connectivity index (χ2n) is 6.76. The summed E-state index contributed by atoms with van der Waals surface area (Å²) in [7, 11) is 0. The maximum Gasteiger partial charge on any atom is 0.258 e. The number of carbonyl (C=O) groups excluding carboxylic acids is 1. The molecule has 1 atom stereocenters. The first-order valence-corrected chi connectivity index (χ1v) is 10.0.